The first-order chi connectivity index (χ1) is 46.3. The van der Waals surface area contributed by atoms with Crippen molar-refractivity contribution in [2.45, 2.75) is 213 Å². The fourth-order valence-corrected chi connectivity index (χ4v) is 15.9. The van der Waals surface area contributed by atoms with E-state index in [9.17, 15) is 0 Å². The minimum absolute atomic E-state index is 0.676. The van der Waals surface area contributed by atoms with Crippen molar-refractivity contribution in [2.24, 2.45) is 30.0 Å². The van der Waals surface area contributed by atoms with Crippen LogP contribution in [0.4, 0.5) is 0 Å². The molecule has 0 aromatic carbocycles. The Balaban J connectivity index is 0.727. The molecular formula is C84H98N12S. The van der Waals surface area contributed by atoms with Crippen molar-refractivity contribution in [1.82, 2.24) is 29.9 Å². The molecule has 0 amide bonds. The van der Waals surface area contributed by atoms with E-state index in [-0.39, 0.29) is 0 Å². The van der Waals surface area contributed by atoms with E-state index in [4.69, 9.17) is 30.0 Å². The molecule has 0 bridgehead atoms. The molecule has 6 aromatic rings. The molecule has 500 valence electrons. The van der Waals surface area contributed by atoms with E-state index >= 15 is 0 Å². The average molecular weight is 1310 g/mol. The lowest BCUT2D eigenvalue weighted by Crippen LogP contribution is -2.07. The molecule has 0 saturated carbocycles. The van der Waals surface area contributed by atoms with Gasteiger partial charge in [0, 0.05) is 115 Å². The molecule has 6 aliphatic heterocycles. The minimum atomic E-state index is 0.676. The average Bonchev–Trinajstić information content (AvgIpc) is 1.65. The molecule has 12 nitrogen and oxygen atoms in total. The van der Waals surface area contributed by atoms with Gasteiger partial charge in [0.2, 0.25) is 0 Å². The van der Waals surface area contributed by atoms with Crippen LogP contribution in [0.2, 0.25) is 0 Å². The van der Waals surface area contributed by atoms with E-state index < -0.39 is 0 Å². The Morgan fingerprint density at radius 3 is 0.990 bits per heavy atom. The number of aliphatic imine (C=N–C) groups is 6. The van der Waals surface area contributed by atoms with Crippen LogP contribution in [0.15, 0.2) is 165 Å². The Morgan fingerprint density at radius 2 is 0.639 bits per heavy atom. The number of allylic oxidation sites excluding steroid dienone is 12. The van der Waals surface area contributed by atoms with Gasteiger partial charge in [0.05, 0.1) is 57.0 Å². The lowest BCUT2D eigenvalue weighted by molar-refractivity contribution is 0.994. The van der Waals surface area contributed by atoms with Gasteiger partial charge in [-0.25, -0.2) is 0 Å². The maximum atomic E-state index is 5.39. The maximum Gasteiger partial charge on any atom is 0.0689 e. The van der Waals surface area contributed by atoms with Gasteiger partial charge in [-0.05, 0) is 311 Å². The van der Waals surface area contributed by atoms with Gasteiger partial charge >= 0.3 is 0 Å². The Labute approximate surface area is 579 Å². The molecule has 0 spiro atoms. The zero-order chi connectivity index (χ0) is 69.3. The second-order valence-corrected chi connectivity index (χ2v) is 28.6. The third-order valence-electron chi connectivity index (χ3n) is 21.8. The SMILES string of the molecule is CCC1=C(C)C(CC2=N/C(=C/c3[nH]c(C)c(Sc4c(C)[nH]c(/C=C5\N=C(CC6=N/C(=C/c7[nH]c(Cc8ccc(/C=C9/N=C(C)C(C)=C9C)[nH]8)c(CC)c7C)C(CC)=C6C)C(C)=C5C)c4C)c3C)C(C)=C2C)=N/C1=C\c1[nH]c(Cc2ccc(/C=C3\N=C(C)C(C)=C3C)[nH]2)c(CC)c1C. The van der Waals surface area contributed by atoms with Crippen LogP contribution in [0.25, 0.3) is 36.5 Å². The molecule has 0 unspecified atom stereocenters. The normalized spacial score (nSPS) is 19.4. The van der Waals surface area contributed by atoms with E-state index in [1.807, 2.05) is 11.8 Å². The van der Waals surface area contributed by atoms with Crippen LogP contribution in [0, 0.1) is 41.5 Å². The van der Waals surface area contributed by atoms with Gasteiger partial charge in [-0.1, -0.05) is 39.5 Å². The van der Waals surface area contributed by atoms with E-state index in [1.165, 1.54) is 133 Å². The summed E-state index contributed by atoms with van der Waals surface area (Å²) in [4.78, 5) is 56.2. The highest BCUT2D eigenvalue weighted by atomic mass is 32.2. The monoisotopic (exact) mass is 1310 g/mol. The molecule has 0 radical (unpaired) electrons. The Kier molecular flexibility index (Phi) is 19.0. The zero-order valence-corrected chi connectivity index (χ0v) is 62.3. The first-order valence-electron chi connectivity index (χ1n) is 34.9. The summed E-state index contributed by atoms with van der Waals surface area (Å²) >= 11 is 1.83. The summed E-state index contributed by atoms with van der Waals surface area (Å²) in [5.41, 5.74) is 49.0. The first-order valence-corrected chi connectivity index (χ1v) is 35.8. The van der Waals surface area contributed by atoms with Gasteiger partial charge in [0.1, 0.15) is 0 Å². The highest BCUT2D eigenvalue weighted by Gasteiger charge is 2.29. The zero-order valence-electron chi connectivity index (χ0n) is 61.5. The molecule has 0 atom stereocenters. The Hall–Kier alpha value is -9.07. The molecule has 0 aliphatic carbocycles. The summed E-state index contributed by atoms with van der Waals surface area (Å²) in [5, 5.41) is 0. The predicted octanol–water partition coefficient (Wildman–Crippen LogP) is 21.8. The maximum absolute atomic E-state index is 5.39. The van der Waals surface area contributed by atoms with E-state index in [0.29, 0.717) is 12.8 Å². The van der Waals surface area contributed by atoms with Crippen molar-refractivity contribution in [1.29, 1.82) is 0 Å². The van der Waals surface area contributed by atoms with Crippen LogP contribution in [-0.2, 0) is 25.7 Å². The largest absolute Gasteiger partial charge is 0.359 e. The van der Waals surface area contributed by atoms with Crippen LogP contribution in [0.1, 0.15) is 238 Å². The fraction of sp³-hybridized carbons (Fsp3) is 0.357. The van der Waals surface area contributed by atoms with Gasteiger partial charge in [-0.15, -0.1) is 0 Å². The van der Waals surface area contributed by atoms with Crippen molar-refractivity contribution in [3.63, 3.8) is 0 Å². The van der Waals surface area contributed by atoms with E-state index in [0.717, 1.165) is 153 Å². The summed E-state index contributed by atoms with van der Waals surface area (Å²) in [6.45, 7) is 48.4. The molecular weight excluding hydrogens is 1210 g/mol. The lowest BCUT2D eigenvalue weighted by atomic mass is 9.97. The van der Waals surface area contributed by atoms with Crippen molar-refractivity contribution < 1.29 is 0 Å². The first kappa shape index (κ1) is 67.9. The number of hydrogen-bond acceptors (Lipinski definition) is 7. The summed E-state index contributed by atoms with van der Waals surface area (Å²) in [6, 6.07) is 8.72. The molecule has 6 N–H and O–H groups in total. The smallest absolute Gasteiger partial charge is 0.0689 e. The second-order valence-electron chi connectivity index (χ2n) is 27.6. The quantitative estimate of drug-likeness (QED) is 0.0440. The van der Waals surface area contributed by atoms with Crippen LogP contribution in [0.3, 0.4) is 0 Å². The predicted molar refractivity (Wildman–Crippen MR) is 414 cm³/mol. The van der Waals surface area contributed by atoms with Gasteiger partial charge < -0.3 is 29.9 Å². The van der Waals surface area contributed by atoms with E-state index in [1.54, 1.807) is 0 Å². The minimum Gasteiger partial charge on any atom is -0.359 e. The van der Waals surface area contributed by atoms with Crippen molar-refractivity contribution in [2.75, 3.05) is 0 Å². The third-order valence-corrected chi connectivity index (χ3v) is 23.5. The summed E-state index contributed by atoms with van der Waals surface area (Å²) in [5.74, 6) is 0. The summed E-state index contributed by atoms with van der Waals surface area (Å²) in [6.07, 6.45) is 20.0. The highest BCUT2D eigenvalue weighted by molar-refractivity contribution is 7.99. The van der Waals surface area contributed by atoms with E-state index in [2.05, 4.69) is 243 Å². The van der Waals surface area contributed by atoms with Gasteiger partial charge in [-0.3, -0.25) is 30.0 Å². The Morgan fingerprint density at radius 1 is 0.309 bits per heavy atom. The van der Waals surface area contributed by atoms with Gasteiger partial charge in [0.25, 0.3) is 0 Å². The third kappa shape index (κ3) is 12.8. The summed E-state index contributed by atoms with van der Waals surface area (Å²) in [7, 11) is 0. The van der Waals surface area contributed by atoms with Crippen molar-refractivity contribution in [3.05, 3.63) is 227 Å². The van der Waals surface area contributed by atoms with Gasteiger partial charge in [-0.2, -0.15) is 0 Å². The molecule has 6 aromatic heterocycles. The topological polar surface area (TPSA) is 169 Å². The van der Waals surface area contributed by atoms with Crippen molar-refractivity contribution in [3.8, 4) is 0 Å². The standard InChI is InChI=1S/C84H98N12S/c1-23-63-49(13)75(93-79(63)33-61-29-27-59(89-61)31-67-43(7)41(5)55(19)85-67)39-81-65(25-3)51(15)73(95-81)35-69-45(9)47(11)71(91-69)37-77-53(17)83(57(21)87-77)97-84-54(18)78(88-58(84)22)38-72-48(12)46(10)70(92-72)36-74-52(16)66(26-4)82(96-74)40-76-50(14)64(24-2)80(94-76)34-62-30-28-60(90-62)32-68-44(8)42(6)56(20)86-68/h27-32,37-40,87-90,93-94H,23-26,33-36H2,1-22H3/b67-31-,68-32+,71-37+,72-38-,81-39-,82-40+. The number of aromatic amines is 6. The number of rotatable bonds is 20. The number of hydrogen-bond donors (Lipinski definition) is 6. The molecule has 6 aliphatic rings. The van der Waals surface area contributed by atoms with Crippen molar-refractivity contribution >= 4 is 82.5 Å². The molecule has 0 saturated heterocycles. The van der Waals surface area contributed by atoms with Crippen LogP contribution >= 0.6 is 11.8 Å². The number of aryl methyl sites for hydroxylation is 2. The second kappa shape index (κ2) is 27.1. The Bertz CT molecular complexity index is 4660. The molecule has 13 heteroatoms. The van der Waals surface area contributed by atoms with Gasteiger partial charge in [0.15, 0.2) is 0 Å². The molecule has 0 fully saturated rings. The molecule has 12 rings (SSSR count). The lowest BCUT2D eigenvalue weighted by Gasteiger charge is -2.05. The van der Waals surface area contributed by atoms with Crippen LogP contribution in [0.5, 0.6) is 0 Å². The highest BCUT2D eigenvalue weighted by Crippen LogP contribution is 2.43. The van der Waals surface area contributed by atoms with Crippen LogP contribution < -0.4 is 0 Å². The molecule has 97 heavy (non-hydrogen) atoms. The van der Waals surface area contributed by atoms with Crippen LogP contribution in [-0.4, -0.2) is 64.2 Å². The summed E-state index contributed by atoms with van der Waals surface area (Å²) < 4.78 is 0. The fourth-order valence-electron chi connectivity index (χ4n) is 14.8. The number of aromatic nitrogens is 6. The number of nitrogens with one attached hydrogen (secondary N) is 6. The number of H-pyrrole nitrogens is 6. The number of nitrogens with zero attached hydrogens (tertiary/aromatic N) is 6. The molecule has 12 heterocycles.